The van der Waals surface area contributed by atoms with E-state index in [1.54, 1.807) is 24.3 Å². The maximum Gasteiger partial charge on any atom is 0.345 e. The molecule has 0 spiro atoms. The van der Waals surface area contributed by atoms with E-state index in [-0.39, 0.29) is 0 Å². The van der Waals surface area contributed by atoms with Crippen molar-refractivity contribution in [3.05, 3.63) is 127 Å². The molecule has 6 rings (SSSR count). The van der Waals surface area contributed by atoms with Crippen molar-refractivity contribution >= 4 is 63.3 Å². The third-order valence-corrected chi connectivity index (χ3v) is 7.35. The molecule has 9 heteroatoms. The number of nitrogens with zero attached hydrogens (tertiary/aromatic N) is 3. The molecule has 3 heterocycles. The van der Waals surface area contributed by atoms with Crippen LogP contribution in [0.2, 0.25) is 10.0 Å². The number of benzene rings is 3. The zero-order chi connectivity index (χ0) is 26.9. The molecule has 3 aromatic carbocycles. The van der Waals surface area contributed by atoms with Gasteiger partial charge >= 0.3 is 5.63 Å². The molecule has 0 radical (unpaired) electrons. The van der Waals surface area contributed by atoms with E-state index in [2.05, 4.69) is 5.16 Å². The Balaban J connectivity index is 1.59. The number of para-hydroxylation sites is 1. The van der Waals surface area contributed by atoms with Crippen LogP contribution >= 0.6 is 34.5 Å². The van der Waals surface area contributed by atoms with Gasteiger partial charge in [-0.1, -0.05) is 64.8 Å². The van der Waals surface area contributed by atoms with Crippen LogP contribution in [0.3, 0.4) is 0 Å². The summed E-state index contributed by atoms with van der Waals surface area (Å²) in [6.07, 6.45) is 3.74. The first-order valence-electron chi connectivity index (χ1n) is 11.9. The minimum Gasteiger partial charge on any atom is -0.422 e. The van der Waals surface area contributed by atoms with Crippen LogP contribution in [0.15, 0.2) is 103 Å². The molecule has 0 bridgehead atoms. The highest BCUT2D eigenvalue weighted by atomic mass is 35.5. The second-order valence-corrected chi connectivity index (χ2v) is 10.4. The summed E-state index contributed by atoms with van der Waals surface area (Å²) in [5.74, 6) is 0.504. The Bertz CT molecular complexity index is 1970. The van der Waals surface area contributed by atoms with E-state index < -0.39 is 5.63 Å². The molecule has 39 heavy (non-hydrogen) atoms. The van der Waals surface area contributed by atoms with Gasteiger partial charge in [-0.05, 0) is 67.1 Å². The number of hydrogen-bond donors (Lipinski definition) is 0. The lowest BCUT2D eigenvalue weighted by Crippen LogP contribution is -2.17. The third-order valence-electron chi connectivity index (χ3n) is 6.04. The summed E-state index contributed by atoms with van der Waals surface area (Å²) in [7, 11) is 0. The van der Waals surface area contributed by atoms with Gasteiger partial charge in [-0.25, -0.2) is 9.79 Å². The Morgan fingerprint density at radius 2 is 1.72 bits per heavy atom. The van der Waals surface area contributed by atoms with E-state index in [4.69, 9.17) is 37.1 Å². The van der Waals surface area contributed by atoms with Gasteiger partial charge in [0.25, 0.3) is 0 Å². The molecule has 0 aliphatic carbocycles. The maximum absolute atomic E-state index is 13.2. The first kappa shape index (κ1) is 25.1. The fourth-order valence-corrected chi connectivity index (χ4v) is 5.40. The number of thiazole rings is 1. The summed E-state index contributed by atoms with van der Waals surface area (Å²) in [6.45, 7) is 1.85. The van der Waals surface area contributed by atoms with Gasteiger partial charge in [0.05, 0.1) is 16.9 Å². The summed E-state index contributed by atoms with van der Waals surface area (Å²) in [5.41, 5.74) is 3.94. The Kier molecular flexibility index (Phi) is 6.79. The van der Waals surface area contributed by atoms with Crippen LogP contribution in [0.4, 0.5) is 5.69 Å². The molecule has 0 amide bonds. The summed E-state index contributed by atoms with van der Waals surface area (Å²) in [6, 6.07) is 24.0. The number of rotatable bonds is 5. The van der Waals surface area contributed by atoms with Gasteiger partial charge in [0, 0.05) is 20.8 Å². The normalized spacial score (nSPS) is 12.1. The topological polar surface area (TPSA) is 73.5 Å². The molecule has 0 unspecified atom stereocenters. The minimum absolute atomic E-state index is 0.365. The molecule has 192 valence electrons. The largest absolute Gasteiger partial charge is 0.422 e. The molecule has 0 fully saturated rings. The van der Waals surface area contributed by atoms with Crippen LogP contribution in [0.5, 0.6) is 0 Å². The highest BCUT2D eigenvalue weighted by molar-refractivity contribution is 7.07. The number of aryl methyl sites for hydroxylation is 1. The third kappa shape index (κ3) is 5.12. The standard InChI is InChI=1S/C30H19Cl2N3O3S/c1-18-28(27(38-34-18)13-9-19-7-10-21(31)11-8-19)35-25(17-39-30(35)33-23-5-3-2-4-6-23)24-16-20-15-22(32)12-14-26(20)37-29(24)36/h2-17H,1H3/b13-9+,33-30?. The van der Waals surface area contributed by atoms with Crippen LogP contribution in [0, 0.1) is 6.92 Å². The van der Waals surface area contributed by atoms with Gasteiger partial charge in [0.1, 0.15) is 17.0 Å². The number of halogens is 2. The molecule has 0 N–H and O–H groups in total. The van der Waals surface area contributed by atoms with Gasteiger partial charge in [-0.3, -0.25) is 4.57 Å². The van der Waals surface area contributed by atoms with Crippen LogP contribution in [-0.4, -0.2) is 9.72 Å². The number of hydrogen-bond acceptors (Lipinski definition) is 6. The van der Waals surface area contributed by atoms with Crippen molar-refractivity contribution in [2.24, 2.45) is 4.99 Å². The Morgan fingerprint density at radius 1 is 0.949 bits per heavy atom. The van der Waals surface area contributed by atoms with E-state index in [1.807, 2.05) is 83.6 Å². The SMILES string of the molecule is Cc1noc(/C=C/c2ccc(Cl)cc2)c1-n1c(-c2cc3cc(Cl)ccc3oc2=O)csc1=Nc1ccccc1. The number of aromatic nitrogens is 2. The minimum atomic E-state index is -0.477. The van der Waals surface area contributed by atoms with Gasteiger partial charge in [0.2, 0.25) is 0 Å². The molecular weight excluding hydrogens is 553 g/mol. The maximum atomic E-state index is 13.2. The van der Waals surface area contributed by atoms with E-state index in [1.165, 1.54) is 11.3 Å². The van der Waals surface area contributed by atoms with Gasteiger partial charge in [0.15, 0.2) is 10.6 Å². The predicted octanol–water partition coefficient (Wildman–Crippen LogP) is 8.32. The molecule has 0 aliphatic heterocycles. The molecule has 0 saturated carbocycles. The lowest BCUT2D eigenvalue weighted by molar-refractivity contribution is 0.408. The van der Waals surface area contributed by atoms with Crippen molar-refractivity contribution in [3.8, 4) is 16.9 Å². The van der Waals surface area contributed by atoms with Crippen LogP contribution in [0.1, 0.15) is 17.0 Å². The second-order valence-electron chi connectivity index (χ2n) is 8.68. The van der Waals surface area contributed by atoms with Crippen molar-refractivity contribution in [1.29, 1.82) is 0 Å². The first-order chi connectivity index (χ1) is 19.0. The Hall–Kier alpha value is -4.17. The molecular formula is C30H19Cl2N3O3S. The average Bonchev–Trinajstić information content (AvgIpc) is 3.50. The summed E-state index contributed by atoms with van der Waals surface area (Å²) >= 11 is 13.7. The average molecular weight is 572 g/mol. The predicted molar refractivity (Wildman–Crippen MR) is 157 cm³/mol. The van der Waals surface area contributed by atoms with Gasteiger partial charge in [-0.15, -0.1) is 11.3 Å². The molecule has 6 aromatic rings. The molecule has 0 aliphatic rings. The smallest absolute Gasteiger partial charge is 0.345 e. The van der Waals surface area contributed by atoms with Crippen molar-refractivity contribution in [2.75, 3.05) is 0 Å². The Labute approximate surface area is 236 Å². The first-order valence-corrected chi connectivity index (χ1v) is 13.5. The van der Waals surface area contributed by atoms with Crippen molar-refractivity contribution in [2.45, 2.75) is 6.92 Å². The van der Waals surface area contributed by atoms with E-state index in [9.17, 15) is 4.79 Å². The summed E-state index contributed by atoms with van der Waals surface area (Å²) in [5, 5.41) is 8.03. The second kappa shape index (κ2) is 10.5. The van der Waals surface area contributed by atoms with E-state index in [0.717, 1.165) is 11.3 Å². The highest BCUT2D eigenvalue weighted by Crippen LogP contribution is 2.30. The highest BCUT2D eigenvalue weighted by Gasteiger charge is 2.21. The summed E-state index contributed by atoms with van der Waals surface area (Å²) < 4.78 is 13.3. The monoisotopic (exact) mass is 571 g/mol. The number of fused-ring (bicyclic) bond motifs is 1. The zero-order valence-electron chi connectivity index (χ0n) is 20.5. The quantitative estimate of drug-likeness (QED) is 0.195. The van der Waals surface area contributed by atoms with Gasteiger partial charge < -0.3 is 8.94 Å². The lowest BCUT2D eigenvalue weighted by atomic mass is 10.1. The summed E-state index contributed by atoms with van der Waals surface area (Å²) in [4.78, 5) is 18.7. The van der Waals surface area contributed by atoms with E-state index >= 15 is 0 Å². The van der Waals surface area contributed by atoms with Crippen LogP contribution in [0.25, 0.3) is 40.1 Å². The molecule has 6 nitrogen and oxygen atoms in total. The zero-order valence-corrected chi connectivity index (χ0v) is 22.8. The van der Waals surface area contributed by atoms with Crippen molar-refractivity contribution in [3.63, 3.8) is 0 Å². The molecule has 0 saturated heterocycles. The fraction of sp³-hybridized carbons (Fsp3) is 0.0333. The lowest BCUT2D eigenvalue weighted by Gasteiger charge is -2.09. The van der Waals surface area contributed by atoms with Crippen LogP contribution in [-0.2, 0) is 0 Å². The van der Waals surface area contributed by atoms with Crippen molar-refractivity contribution in [1.82, 2.24) is 9.72 Å². The molecule has 0 atom stereocenters. The molecule has 3 aromatic heterocycles. The van der Waals surface area contributed by atoms with Crippen molar-refractivity contribution < 1.29 is 8.94 Å². The van der Waals surface area contributed by atoms with E-state index in [0.29, 0.717) is 54.2 Å². The Morgan fingerprint density at radius 3 is 2.51 bits per heavy atom. The fourth-order valence-electron chi connectivity index (χ4n) is 4.19. The van der Waals surface area contributed by atoms with Crippen LogP contribution < -0.4 is 10.4 Å². The van der Waals surface area contributed by atoms with Gasteiger partial charge in [-0.2, -0.15) is 0 Å².